The van der Waals surface area contributed by atoms with Gasteiger partial charge in [0, 0.05) is 18.5 Å². The summed E-state index contributed by atoms with van der Waals surface area (Å²) in [7, 11) is -0.965. The molecule has 6 heteroatoms. The Morgan fingerprint density at radius 3 is 3.05 bits per heavy atom. The van der Waals surface area contributed by atoms with Crippen LogP contribution >= 0.6 is 0 Å². The molecule has 0 spiro atoms. The minimum Gasteiger partial charge on any atom is -0.423 e. The molecule has 1 fully saturated rings. The van der Waals surface area contributed by atoms with Crippen LogP contribution in [0, 0.1) is 0 Å². The van der Waals surface area contributed by atoms with Crippen LogP contribution in [-0.4, -0.2) is 41.7 Å². The second kappa shape index (κ2) is 4.32. The molecule has 2 heterocycles. The van der Waals surface area contributed by atoms with Crippen molar-refractivity contribution in [2.45, 2.75) is 25.6 Å². The highest BCUT2D eigenvalue weighted by molar-refractivity contribution is 6.61. The minimum atomic E-state index is -1.30. The van der Waals surface area contributed by atoms with Crippen molar-refractivity contribution < 1.29 is 18.9 Å². The highest BCUT2D eigenvalue weighted by Crippen LogP contribution is 2.26. The molecule has 4 nitrogen and oxygen atoms in total. The van der Waals surface area contributed by atoms with Gasteiger partial charge in [-0.2, -0.15) is 0 Å². The van der Waals surface area contributed by atoms with Crippen molar-refractivity contribution in [3.8, 4) is 0 Å². The molecule has 0 aromatic heterocycles. The first-order valence-electron chi connectivity index (χ1n) is 6.37. The molecule has 1 unspecified atom stereocenters. The lowest BCUT2D eigenvalue weighted by molar-refractivity contribution is 0.0761. The summed E-state index contributed by atoms with van der Waals surface area (Å²) >= 11 is 0. The first kappa shape index (κ1) is 12.6. The molecule has 0 saturated carbocycles. The van der Waals surface area contributed by atoms with Crippen molar-refractivity contribution in [1.29, 1.82) is 0 Å². The summed E-state index contributed by atoms with van der Waals surface area (Å²) in [5, 5.41) is 9.63. The fourth-order valence-electron chi connectivity index (χ4n) is 2.63. The Morgan fingerprint density at radius 1 is 1.58 bits per heavy atom. The first-order chi connectivity index (χ1) is 8.96. The van der Waals surface area contributed by atoms with Crippen molar-refractivity contribution >= 4 is 18.5 Å². The van der Waals surface area contributed by atoms with Gasteiger partial charge in [0.1, 0.15) is 5.67 Å². The van der Waals surface area contributed by atoms with Gasteiger partial charge in [-0.25, -0.2) is 4.39 Å². The van der Waals surface area contributed by atoms with Gasteiger partial charge in [0.05, 0.1) is 13.2 Å². The van der Waals surface area contributed by atoms with Crippen LogP contribution in [-0.2, 0) is 11.3 Å². The molecule has 2 aliphatic rings. The number of halogens is 1. The van der Waals surface area contributed by atoms with Gasteiger partial charge in [-0.05, 0) is 30.1 Å². The van der Waals surface area contributed by atoms with Gasteiger partial charge in [-0.3, -0.25) is 4.79 Å². The Balaban J connectivity index is 1.83. The van der Waals surface area contributed by atoms with Crippen molar-refractivity contribution in [3.05, 3.63) is 29.3 Å². The third kappa shape index (κ3) is 2.26. The molecule has 2 aliphatic heterocycles. The lowest BCUT2D eigenvalue weighted by atomic mass is 9.78. The molecular formula is C13H15BFNO3. The van der Waals surface area contributed by atoms with E-state index in [2.05, 4.69) is 0 Å². The third-order valence-electron chi connectivity index (χ3n) is 3.77. The van der Waals surface area contributed by atoms with E-state index in [1.54, 1.807) is 18.2 Å². The standard InChI is InChI=1S/C13H15BFNO3/c1-13(15)4-5-16(8-13)12(17)9-2-3-10-7-19-14(18)11(10)6-9/h2-3,6,18H,4-5,7-8H2,1H3. The molecule has 0 bridgehead atoms. The first-order valence-corrected chi connectivity index (χ1v) is 6.37. The zero-order valence-corrected chi connectivity index (χ0v) is 10.7. The van der Waals surface area contributed by atoms with Gasteiger partial charge in [-0.1, -0.05) is 6.07 Å². The Kier molecular flexibility index (Phi) is 2.87. The zero-order chi connectivity index (χ0) is 13.6. The Hall–Kier alpha value is -1.40. The molecule has 1 amide bonds. The number of nitrogens with zero attached hydrogens (tertiary/aromatic N) is 1. The molecule has 1 atom stereocenters. The number of hydrogen-bond acceptors (Lipinski definition) is 3. The molecule has 0 aliphatic carbocycles. The van der Waals surface area contributed by atoms with Crippen molar-refractivity contribution in [2.24, 2.45) is 0 Å². The average molecular weight is 263 g/mol. The van der Waals surface area contributed by atoms with Gasteiger partial charge in [0.25, 0.3) is 5.91 Å². The summed E-state index contributed by atoms with van der Waals surface area (Å²) in [4.78, 5) is 13.8. The smallest absolute Gasteiger partial charge is 0.423 e. The van der Waals surface area contributed by atoms with E-state index in [0.29, 0.717) is 30.6 Å². The molecule has 1 aromatic rings. The Morgan fingerprint density at radius 2 is 2.37 bits per heavy atom. The molecule has 1 aromatic carbocycles. The van der Waals surface area contributed by atoms with E-state index in [0.717, 1.165) is 5.56 Å². The van der Waals surface area contributed by atoms with E-state index in [4.69, 9.17) is 4.65 Å². The summed E-state index contributed by atoms with van der Waals surface area (Å²) in [6.07, 6.45) is 0.370. The van der Waals surface area contributed by atoms with Crippen LogP contribution in [0.3, 0.4) is 0 Å². The molecular weight excluding hydrogens is 248 g/mol. The summed E-state index contributed by atoms with van der Waals surface area (Å²) in [6.45, 7) is 2.43. The molecule has 3 rings (SSSR count). The fourth-order valence-corrected chi connectivity index (χ4v) is 2.63. The Labute approximate surface area is 111 Å². The normalized spacial score (nSPS) is 25.8. The van der Waals surface area contributed by atoms with E-state index in [1.165, 1.54) is 11.8 Å². The second-order valence-electron chi connectivity index (χ2n) is 5.47. The zero-order valence-electron chi connectivity index (χ0n) is 10.7. The quantitative estimate of drug-likeness (QED) is 0.750. The number of carbonyl (C=O) groups is 1. The fraction of sp³-hybridized carbons (Fsp3) is 0.462. The molecule has 0 radical (unpaired) electrons. The van der Waals surface area contributed by atoms with E-state index >= 15 is 0 Å². The van der Waals surface area contributed by atoms with Gasteiger partial charge in [-0.15, -0.1) is 0 Å². The lowest BCUT2D eigenvalue weighted by Crippen LogP contribution is -2.34. The monoisotopic (exact) mass is 263 g/mol. The number of rotatable bonds is 1. The molecule has 1 saturated heterocycles. The maximum Gasteiger partial charge on any atom is 0.491 e. The highest BCUT2D eigenvalue weighted by Gasteiger charge is 2.37. The summed E-state index contributed by atoms with van der Waals surface area (Å²) in [6, 6.07) is 5.13. The van der Waals surface area contributed by atoms with Crippen LogP contribution in [0.2, 0.25) is 0 Å². The summed E-state index contributed by atoms with van der Waals surface area (Å²) in [5.41, 5.74) is 0.699. The minimum absolute atomic E-state index is 0.127. The van der Waals surface area contributed by atoms with Gasteiger partial charge < -0.3 is 14.6 Å². The molecule has 100 valence electrons. The molecule has 1 N–H and O–H groups in total. The average Bonchev–Trinajstić information content (AvgIpc) is 2.92. The topological polar surface area (TPSA) is 49.8 Å². The van der Waals surface area contributed by atoms with Crippen LogP contribution in [0.4, 0.5) is 4.39 Å². The number of alkyl halides is 1. The van der Waals surface area contributed by atoms with Gasteiger partial charge in [0.2, 0.25) is 0 Å². The number of fused-ring (bicyclic) bond motifs is 1. The van der Waals surface area contributed by atoms with Gasteiger partial charge >= 0.3 is 7.12 Å². The van der Waals surface area contributed by atoms with Crippen molar-refractivity contribution in [1.82, 2.24) is 4.90 Å². The second-order valence-corrected chi connectivity index (χ2v) is 5.47. The SMILES string of the molecule is CC1(F)CCN(C(=O)c2ccc3c(c2)B(O)OC3)C1. The summed E-state index contributed by atoms with van der Waals surface area (Å²) in [5.74, 6) is -0.191. The predicted octanol–water partition coefficient (Wildman–Crippen LogP) is 0.478. The highest BCUT2D eigenvalue weighted by atomic mass is 19.1. The van der Waals surface area contributed by atoms with E-state index in [-0.39, 0.29) is 12.5 Å². The van der Waals surface area contributed by atoms with E-state index in [9.17, 15) is 14.2 Å². The maximum atomic E-state index is 13.8. The maximum absolute atomic E-state index is 13.8. The van der Waals surface area contributed by atoms with Crippen molar-refractivity contribution in [2.75, 3.05) is 13.1 Å². The number of carbonyl (C=O) groups excluding carboxylic acids is 1. The van der Waals surface area contributed by atoms with E-state index in [1.807, 2.05) is 0 Å². The van der Waals surface area contributed by atoms with Crippen LogP contribution < -0.4 is 5.46 Å². The largest absolute Gasteiger partial charge is 0.491 e. The predicted molar refractivity (Wildman–Crippen MR) is 68.9 cm³/mol. The van der Waals surface area contributed by atoms with Crippen LogP contribution in [0.5, 0.6) is 0 Å². The molecule has 19 heavy (non-hydrogen) atoms. The van der Waals surface area contributed by atoms with Crippen molar-refractivity contribution in [3.63, 3.8) is 0 Å². The van der Waals surface area contributed by atoms with Crippen LogP contribution in [0.1, 0.15) is 29.3 Å². The summed E-state index contributed by atoms with van der Waals surface area (Å²) < 4.78 is 18.9. The lowest BCUT2D eigenvalue weighted by Gasteiger charge is -2.18. The van der Waals surface area contributed by atoms with E-state index < -0.39 is 12.8 Å². The van der Waals surface area contributed by atoms with Crippen LogP contribution in [0.15, 0.2) is 18.2 Å². The Bertz CT molecular complexity index is 535. The number of amides is 1. The van der Waals surface area contributed by atoms with Crippen LogP contribution in [0.25, 0.3) is 0 Å². The number of hydrogen-bond donors (Lipinski definition) is 1. The number of benzene rings is 1. The third-order valence-corrected chi connectivity index (χ3v) is 3.77. The number of likely N-dealkylation sites (tertiary alicyclic amines) is 1. The van der Waals surface area contributed by atoms with Gasteiger partial charge in [0.15, 0.2) is 0 Å².